The number of unbranched alkanes of at least 4 members (excludes halogenated alkanes) is 2. The van der Waals surface area contributed by atoms with Crippen LogP contribution in [0.15, 0.2) is 60.8 Å². The van der Waals surface area contributed by atoms with Crippen LogP contribution >= 0.6 is 0 Å². The van der Waals surface area contributed by atoms with E-state index >= 15 is 0 Å². The van der Waals surface area contributed by atoms with E-state index in [9.17, 15) is 0 Å². The van der Waals surface area contributed by atoms with E-state index in [1.807, 2.05) is 26.0 Å². The number of carbonyl (C=O) groups is 1. The van der Waals surface area contributed by atoms with Crippen LogP contribution in [-0.4, -0.2) is 6.29 Å². The van der Waals surface area contributed by atoms with Crippen LogP contribution in [0.2, 0.25) is 0 Å². The van der Waals surface area contributed by atoms with Crippen molar-refractivity contribution in [2.45, 2.75) is 65.7 Å². The van der Waals surface area contributed by atoms with Crippen molar-refractivity contribution in [3.8, 4) is 0 Å². The van der Waals surface area contributed by atoms with E-state index in [1.54, 1.807) is 0 Å². The topological polar surface area (TPSA) is 17.1 Å². The molecule has 0 saturated carbocycles. The summed E-state index contributed by atoms with van der Waals surface area (Å²) in [5.74, 6) is 0. The van der Waals surface area contributed by atoms with Gasteiger partial charge < -0.3 is 4.79 Å². The van der Waals surface area contributed by atoms with Crippen molar-refractivity contribution in [1.82, 2.24) is 0 Å². The standard InChI is InChI=1S/C17H24.C2H4O.C2H6/c1-3-11-16(4-2)12-7-5-8-13-17-14-9-6-10-15-17;1-2-3;1-2/h3-4,9,11,14-15H,1-2,5-8,10,12-13H2;2H,1H3;1-2H3/b16-11+;;. The van der Waals surface area contributed by atoms with Crippen LogP contribution in [0.1, 0.15) is 65.7 Å². The maximum Gasteiger partial charge on any atom is 0.116 e. The minimum Gasteiger partial charge on any atom is -0.304 e. The molecule has 0 fully saturated rings. The molecule has 1 nitrogen and oxygen atoms in total. The highest BCUT2D eigenvalue weighted by molar-refractivity contribution is 5.44. The van der Waals surface area contributed by atoms with Gasteiger partial charge in [0, 0.05) is 0 Å². The quantitative estimate of drug-likeness (QED) is 0.275. The molecule has 0 heterocycles. The van der Waals surface area contributed by atoms with Gasteiger partial charge >= 0.3 is 0 Å². The first-order valence-electron chi connectivity index (χ1n) is 8.47. The molecule has 0 unspecified atom stereocenters. The zero-order valence-electron chi connectivity index (χ0n) is 14.8. The Labute approximate surface area is 138 Å². The van der Waals surface area contributed by atoms with Gasteiger partial charge in [-0.05, 0) is 51.0 Å². The summed E-state index contributed by atoms with van der Waals surface area (Å²) < 4.78 is 0. The molecule has 0 saturated heterocycles. The van der Waals surface area contributed by atoms with Crippen molar-refractivity contribution < 1.29 is 4.79 Å². The summed E-state index contributed by atoms with van der Waals surface area (Å²) in [6.45, 7) is 13.0. The lowest BCUT2D eigenvalue weighted by Gasteiger charge is -2.06. The summed E-state index contributed by atoms with van der Waals surface area (Å²) in [4.78, 5) is 8.81. The first-order chi connectivity index (χ1) is 10.8. The third-order valence-corrected chi connectivity index (χ3v) is 3.10. The lowest BCUT2D eigenvalue weighted by Crippen LogP contribution is -1.87. The Morgan fingerprint density at radius 2 is 1.86 bits per heavy atom. The fraction of sp³-hybridized carbons (Fsp3) is 0.476. The minimum atomic E-state index is 0.750. The maximum atomic E-state index is 8.81. The van der Waals surface area contributed by atoms with Crippen LogP contribution in [-0.2, 0) is 4.79 Å². The van der Waals surface area contributed by atoms with Crippen LogP contribution in [0, 0.1) is 0 Å². The molecule has 0 aliphatic heterocycles. The van der Waals surface area contributed by atoms with Gasteiger partial charge in [0.15, 0.2) is 0 Å². The van der Waals surface area contributed by atoms with Crippen LogP contribution in [0.25, 0.3) is 0 Å². The minimum absolute atomic E-state index is 0.750. The van der Waals surface area contributed by atoms with Gasteiger partial charge in [-0.2, -0.15) is 0 Å². The molecule has 124 valence electrons. The molecule has 0 aromatic rings. The lowest BCUT2D eigenvalue weighted by molar-refractivity contribution is -0.106. The third kappa shape index (κ3) is 14.8. The Bertz CT molecular complexity index is 369. The van der Waals surface area contributed by atoms with Crippen molar-refractivity contribution >= 4 is 6.29 Å². The van der Waals surface area contributed by atoms with Crippen molar-refractivity contribution in [2.24, 2.45) is 0 Å². The van der Waals surface area contributed by atoms with E-state index in [-0.39, 0.29) is 0 Å². The van der Waals surface area contributed by atoms with Crippen LogP contribution in [0.3, 0.4) is 0 Å². The average molecular weight is 303 g/mol. The number of hydrogen-bond acceptors (Lipinski definition) is 1. The van der Waals surface area contributed by atoms with Crippen molar-refractivity contribution in [2.75, 3.05) is 0 Å². The summed E-state index contributed by atoms with van der Waals surface area (Å²) in [6, 6.07) is 0. The molecule has 0 atom stereocenters. The molecule has 1 heteroatoms. The Hall–Kier alpha value is -1.63. The number of hydrogen-bond donors (Lipinski definition) is 0. The Morgan fingerprint density at radius 3 is 2.36 bits per heavy atom. The molecule has 0 N–H and O–H groups in total. The van der Waals surface area contributed by atoms with Gasteiger partial charge in [-0.15, -0.1) is 0 Å². The molecule has 0 aromatic heterocycles. The fourth-order valence-corrected chi connectivity index (χ4v) is 2.09. The summed E-state index contributed by atoms with van der Waals surface area (Å²) >= 11 is 0. The Kier molecular flexibility index (Phi) is 19.9. The molecule has 0 radical (unpaired) electrons. The Morgan fingerprint density at radius 1 is 1.18 bits per heavy atom. The van der Waals surface area contributed by atoms with E-state index in [0.29, 0.717) is 0 Å². The SMILES string of the molecule is C=C/C=C(\C=C)CCCCCC1=CCCC=C1.CC.CC=O. The van der Waals surface area contributed by atoms with Crippen LogP contribution in [0.4, 0.5) is 0 Å². The molecular formula is C21H34O. The second-order valence-corrected chi connectivity index (χ2v) is 4.74. The fourth-order valence-electron chi connectivity index (χ4n) is 2.09. The molecule has 0 bridgehead atoms. The second kappa shape index (κ2) is 19.4. The normalized spacial score (nSPS) is 12.9. The van der Waals surface area contributed by atoms with Gasteiger partial charge in [0.05, 0.1) is 0 Å². The molecule has 1 rings (SSSR count). The zero-order chi connectivity index (χ0) is 17.1. The smallest absolute Gasteiger partial charge is 0.116 e. The van der Waals surface area contributed by atoms with Gasteiger partial charge in [0.1, 0.15) is 6.29 Å². The lowest BCUT2D eigenvalue weighted by atomic mass is 10.00. The zero-order valence-corrected chi connectivity index (χ0v) is 14.8. The number of allylic oxidation sites excluding steroid dienone is 8. The highest BCUT2D eigenvalue weighted by atomic mass is 16.1. The maximum absolute atomic E-state index is 8.81. The number of aldehydes is 1. The van der Waals surface area contributed by atoms with Gasteiger partial charge in [-0.25, -0.2) is 0 Å². The molecule has 0 amide bonds. The Balaban J connectivity index is 0. The highest BCUT2D eigenvalue weighted by Crippen LogP contribution is 2.18. The van der Waals surface area contributed by atoms with Crippen molar-refractivity contribution in [3.63, 3.8) is 0 Å². The predicted octanol–water partition coefficient (Wildman–Crippen LogP) is 6.74. The number of rotatable bonds is 8. The van der Waals surface area contributed by atoms with Gasteiger partial charge in [-0.3, -0.25) is 0 Å². The largest absolute Gasteiger partial charge is 0.304 e. The van der Waals surface area contributed by atoms with Gasteiger partial charge in [0.25, 0.3) is 0 Å². The van der Waals surface area contributed by atoms with E-state index in [2.05, 4.69) is 37.5 Å². The molecule has 1 aliphatic rings. The molecule has 22 heavy (non-hydrogen) atoms. The van der Waals surface area contributed by atoms with E-state index in [4.69, 9.17) is 4.79 Å². The molecule has 1 aliphatic carbocycles. The predicted molar refractivity (Wildman–Crippen MR) is 101 cm³/mol. The van der Waals surface area contributed by atoms with Crippen LogP contribution in [0.5, 0.6) is 0 Å². The second-order valence-electron chi connectivity index (χ2n) is 4.74. The summed E-state index contributed by atoms with van der Waals surface area (Å²) in [6.07, 6.45) is 22.2. The molecule has 0 aromatic carbocycles. The van der Waals surface area contributed by atoms with Crippen molar-refractivity contribution in [1.29, 1.82) is 0 Å². The average Bonchev–Trinajstić information content (AvgIpc) is 2.57. The van der Waals surface area contributed by atoms with Crippen molar-refractivity contribution in [3.05, 3.63) is 60.8 Å². The molecule has 0 spiro atoms. The highest BCUT2D eigenvalue weighted by Gasteiger charge is 1.98. The first-order valence-corrected chi connectivity index (χ1v) is 8.47. The first kappa shape index (κ1) is 22.6. The van der Waals surface area contributed by atoms with Gasteiger partial charge in [-0.1, -0.05) is 75.5 Å². The monoisotopic (exact) mass is 302 g/mol. The summed E-state index contributed by atoms with van der Waals surface area (Å²) in [5.41, 5.74) is 2.83. The van der Waals surface area contributed by atoms with E-state index in [0.717, 1.165) is 12.7 Å². The summed E-state index contributed by atoms with van der Waals surface area (Å²) in [7, 11) is 0. The van der Waals surface area contributed by atoms with E-state index in [1.165, 1.54) is 56.6 Å². The number of carbonyl (C=O) groups excluding carboxylic acids is 1. The molecular weight excluding hydrogens is 268 g/mol. The summed E-state index contributed by atoms with van der Waals surface area (Å²) in [5, 5.41) is 0. The van der Waals surface area contributed by atoms with Crippen LogP contribution < -0.4 is 0 Å². The van der Waals surface area contributed by atoms with E-state index < -0.39 is 0 Å². The van der Waals surface area contributed by atoms with Gasteiger partial charge in [0.2, 0.25) is 0 Å². The third-order valence-electron chi connectivity index (χ3n) is 3.10.